The molecule has 0 spiro atoms. The highest BCUT2D eigenvalue weighted by molar-refractivity contribution is 5.89. The van der Waals surface area contributed by atoms with Gasteiger partial charge in [0, 0.05) is 20.5 Å². The average molecular weight is 459 g/mol. The van der Waals surface area contributed by atoms with Crippen molar-refractivity contribution >= 4 is 18.0 Å². The van der Waals surface area contributed by atoms with Gasteiger partial charge in [0.1, 0.15) is 24.5 Å². The van der Waals surface area contributed by atoms with Crippen LogP contribution in [0, 0.1) is 11.7 Å². The van der Waals surface area contributed by atoms with Crippen LogP contribution in [0.15, 0.2) is 54.6 Å². The predicted octanol–water partition coefficient (Wildman–Crippen LogP) is 3.66. The van der Waals surface area contributed by atoms with Gasteiger partial charge in [0.15, 0.2) is 0 Å². The molecule has 0 saturated carbocycles. The third kappa shape index (κ3) is 7.03. The molecule has 0 heterocycles. The highest BCUT2D eigenvalue weighted by atomic mass is 19.1. The topological polar surface area (TPSA) is 76.2 Å². The standard InChI is InChI=1S/C25H31FN2O5/c1-17(2)22(24(30)32-5)28(4)23(29)21(15-18-11-13-20(26)14-12-18)27(3)25(31)33-16-19-9-7-6-8-10-19/h6-14,17,21-22H,15-16H2,1-5H3/t21-,22-/m0/s1. The van der Waals surface area contributed by atoms with Crippen molar-refractivity contribution in [3.63, 3.8) is 0 Å². The maximum Gasteiger partial charge on any atom is 0.410 e. The van der Waals surface area contributed by atoms with Crippen LogP contribution < -0.4 is 0 Å². The van der Waals surface area contributed by atoms with Gasteiger partial charge in [-0.05, 0) is 29.2 Å². The summed E-state index contributed by atoms with van der Waals surface area (Å²) in [6.45, 7) is 3.66. The molecule has 33 heavy (non-hydrogen) atoms. The third-order valence-corrected chi connectivity index (χ3v) is 5.43. The van der Waals surface area contributed by atoms with Crippen molar-refractivity contribution in [3.8, 4) is 0 Å². The summed E-state index contributed by atoms with van der Waals surface area (Å²) in [6.07, 6.45) is -0.571. The molecule has 8 heteroatoms. The lowest BCUT2D eigenvalue weighted by molar-refractivity contribution is -0.155. The lowest BCUT2D eigenvalue weighted by Gasteiger charge is -2.35. The van der Waals surface area contributed by atoms with Crippen LogP contribution in [0.1, 0.15) is 25.0 Å². The van der Waals surface area contributed by atoms with E-state index < -0.39 is 35.9 Å². The number of hydrogen-bond acceptors (Lipinski definition) is 5. The van der Waals surface area contributed by atoms with E-state index in [1.165, 1.54) is 43.1 Å². The van der Waals surface area contributed by atoms with Gasteiger partial charge in [-0.1, -0.05) is 56.3 Å². The molecule has 0 aliphatic rings. The van der Waals surface area contributed by atoms with Crippen LogP contribution in [0.3, 0.4) is 0 Å². The normalized spacial score (nSPS) is 12.6. The summed E-state index contributed by atoms with van der Waals surface area (Å²) in [4.78, 5) is 41.1. The highest BCUT2D eigenvalue weighted by Crippen LogP contribution is 2.18. The van der Waals surface area contributed by atoms with E-state index in [0.717, 1.165) is 5.56 Å². The molecule has 0 aliphatic carbocycles. The number of hydrogen-bond donors (Lipinski definition) is 0. The Morgan fingerprint density at radius 1 is 0.909 bits per heavy atom. The molecule has 0 unspecified atom stereocenters. The first-order valence-corrected chi connectivity index (χ1v) is 10.7. The molecule has 0 N–H and O–H groups in total. The fourth-order valence-electron chi connectivity index (χ4n) is 3.55. The number of ether oxygens (including phenoxy) is 2. The van der Waals surface area contributed by atoms with Gasteiger partial charge in [0.25, 0.3) is 0 Å². The minimum absolute atomic E-state index is 0.0497. The van der Waals surface area contributed by atoms with E-state index in [9.17, 15) is 18.8 Å². The van der Waals surface area contributed by atoms with Crippen molar-refractivity contribution in [1.82, 2.24) is 9.80 Å². The van der Waals surface area contributed by atoms with Gasteiger partial charge in [-0.3, -0.25) is 9.69 Å². The predicted molar refractivity (Wildman–Crippen MR) is 122 cm³/mol. The smallest absolute Gasteiger partial charge is 0.410 e. The SMILES string of the molecule is COC(=O)[C@H](C(C)C)N(C)C(=O)[C@H](Cc1ccc(F)cc1)N(C)C(=O)OCc1ccccc1. The molecule has 0 fully saturated rings. The summed E-state index contributed by atoms with van der Waals surface area (Å²) in [5, 5.41) is 0. The van der Waals surface area contributed by atoms with Crippen molar-refractivity contribution in [2.24, 2.45) is 5.92 Å². The molecule has 0 aromatic heterocycles. The molecule has 0 bridgehead atoms. The molecular weight excluding hydrogens is 427 g/mol. The number of esters is 1. The highest BCUT2D eigenvalue weighted by Gasteiger charge is 2.37. The van der Waals surface area contributed by atoms with Crippen molar-refractivity contribution in [1.29, 1.82) is 0 Å². The summed E-state index contributed by atoms with van der Waals surface area (Å²) in [5.41, 5.74) is 1.47. The van der Waals surface area contributed by atoms with Crippen LogP contribution in [0.25, 0.3) is 0 Å². The van der Waals surface area contributed by atoms with E-state index in [1.54, 1.807) is 26.0 Å². The first-order chi connectivity index (χ1) is 15.6. The Balaban J connectivity index is 2.27. The van der Waals surface area contributed by atoms with Gasteiger partial charge in [-0.15, -0.1) is 0 Å². The fraction of sp³-hybridized carbons (Fsp3) is 0.400. The minimum atomic E-state index is -0.977. The second kappa shape index (κ2) is 12.0. The van der Waals surface area contributed by atoms with Gasteiger partial charge in [0.05, 0.1) is 7.11 Å². The minimum Gasteiger partial charge on any atom is -0.467 e. The van der Waals surface area contributed by atoms with E-state index in [2.05, 4.69) is 0 Å². The number of likely N-dealkylation sites (N-methyl/N-ethyl adjacent to an activating group) is 2. The van der Waals surface area contributed by atoms with Crippen molar-refractivity contribution < 1.29 is 28.2 Å². The Bertz CT molecular complexity index is 934. The molecule has 2 rings (SSSR count). The zero-order valence-corrected chi connectivity index (χ0v) is 19.7. The van der Waals surface area contributed by atoms with Crippen LogP contribution in [0.2, 0.25) is 0 Å². The van der Waals surface area contributed by atoms with Crippen LogP contribution in [-0.4, -0.2) is 61.1 Å². The average Bonchev–Trinajstić information content (AvgIpc) is 2.81. The second-order valence-corrected chi connectivity index (χ2v) is 8.16. The lowest BCUT2D eigenvalue weighted by atomic mass is 9.99. The van der Waals surface area contributed by atoms with Crippen LogP contribution in [-0.2, 0) is 32.1 Å². The maximum atomic E-state index is 13.5. The summed E-state index contributed by atoms with van der Waals surface area (Å²) in [6, 6.07) is 13.1. The van der Waals surface area contributed by atoms with E-state index >= 15 is 0 Å². The maximum absolute atomic E-state index is 13.5. The number of carbonyl (C=O) groups excluding carboxylic acids is 3. The Morgan fingerprint density at radius 2 is 1.52 bits per heavy atom. The van der Waals surface area contributed by atoms with E-state index in [0.29, 0.717) is 5.56 Å². The summed E-state index contributed by atoms with van der Waals surface area (Å²) in [5.74, 6) is -1.62. The zero-order valence-electron chi connectivity index (χ0n) is 19.7. The molecule has 2 atom stereocenters. The van der Waals surface area contributed by atoms with Crippen molar-refractivity contribution in [2.75, 3.05) is 21.2 Å². The zero-order chi connectivity index (χ0) is 24.5. The molecule has 0 saturated heterocycles. The molecule has 7 nitrogen and oxygen atoms in total. The molecule has 0 aliphatic heterocycles. The monoisotopic (exact) mass is 458 g/mol. The summed E-state index contributed by atoms with van der Waals surface area (Å²) < 4.78 is 23.6. The Kier molecular flexibility index (Phi) is 9.39. The molecule has 0 radical (unpaired) electrons. The Hall–Kier alpha value is -3.42. The number of amides is 2. The molecular formula is C25H31FN2O5. The van der Waals surface area contributed by atoms with E-state index in [4.69, 9.17) is 9.47 Å². The van der Waals surface area contributed by atoms with Crippen molar-refractivity contribution in [3.05, 3.63) is 71.5 Å². The largest absolute Gasteiger partial charge is 0.467 e. The third-order valence-electron chi connectivity index (χ3n) is 5.43. The summed E-state index contributed by atoms with van der Waals surface area (Å²) >= 11 is 0. The quantitative estimate of drug-likeness (QED) is 0.536. The summed E-state index contributed by atoms with van der Waals surface area (Å²) in [7, 11) is 4.24. The van der Waals surface area contributed by atoms with Crippen LogP contribution in [0.5, 0.6) is 0 Å². The molecule has 2 amide bonds. The van der Waals surface area contributed by atoms with Crippen molar-refractivity contribution in [2.45, 2.75) is 39.0 Å². The van der Waals surface area contributed by atoms with Gasteiger partial charge in [-0.2, -0.15) is 0 Å². The first kappa shape index (κ1) is 25.8. The Morgan fingerprint density at radius 3 is 2.06 bits per heavy atom. The number of methoxy groups -OCH3 is 1. The van der Waals surface area contributed by atoms with Crippen LogP contribution in [0.4, 0.5) is 9.18 Å². The first-order valence-electron chi connectivity index (χ1n) is 10.7. The van der Waals surface area contributed by atoms with E-state index in [-0.39, 0.29) is 18.9 Å². The van der Waals surface area contributed by atoms with Gasteiger partial charge >= 0.3 is 12.1 Å². The second-order valence-electron chi connectivity index (χ2n) is 8.16. The number of halogens is 1. The Labute approximate surface area is 194 Å². The number of nitrogens with zero attached hydrogens (tertiary/aromatic N) is 2. The van der Waals surface area contributed by atoms with E-state index in [1.807, 2.05) is 30.3 Å². The lowest BCUT2D eigenvalue weighted by Crippen LogP contribution is -2.55. The van der Waals surface area contributed by atoms with Gasteiger partial charge in [0.2, 0.25) is 5.91 Å². The molecule has 2 aromatic rings. The molecule has 178 valence electrons. The van der Waals surface area contributed by atoms with Gasteiger partial charge in [-0.25, -0.2) is 14.0 Å². The number of rotatable bonds is 9. The van der Waals surface area contributed by atoms with Crippen LogP contribution >= 0.6 is 0 Å². The number of carbonyl (C=O) groups is 3. The fourth-order valence-corrected chi connectivity index (χ4v) is 3.55. The number of benzene rings is 2. The molecule has 2 aromatic carbocycles. The van der Waals surface area contributed by atoms with Gasteiger partial charge < -0.3 is 14.4 Å².